The summed E-state index contributed by atoms with van der Waals surface area (Å²) in [6.07, 6.45) is 1.43. The third-order valence-electron chi connectivity index (χ3n) is 4.74. The van der Waals surface area contributed by atoms with Crippen LogP contribution >= 0.6 is 0 Å². The van der Waals surface area contributed by atoms with Gasteiger partial charge in [-0.15, -0.1) is 0 Å². The summed E-state index contributed by atoms with van der Waals surface area (Å²) in [6.45, 7) is 8.18. The number of nitrogens with two attached hydrogens (primary N) is 1. The molecule has 5 heteroatoms. The molecular formula is C18H29N3O2. The van der Waals surface area contributed by atoms with Gasteiger partial charge in [0.25, 0.3) is 0 Å². The molecule has 1 fully saturated rings. The Balaban J connectivity index is 1.88. The predicted molar refractivity (Wildman–Crippen MR) is 93.6 cm³/mol. The summed E-state index contributed by atoms with van der Waals surface area (Å²) in [4.78, 5) is 14.8. The zero-order valence-corrected chi connectivity index (χ0v) is 14.3. The van der Waals surface area contributed by atoms with Crippen molar-refractivity contribution in [2.45, 2.75) is 26.7 Å². The molecule has 1 amide bonds. The van der Waals surface area contributed by atoms with E-state index in [4.69, 9.17) is 10.5 Å². The zero-order valence-electron chi connectivity index (χ0n) is 14.3. The van der Waals surface area contributed by atoms with Gasteiger partial charge in [0.05, 0.1) is 5.41 Å². The fraction of sp³-hybridized carbons (Fsp3) is 0.611. The molecule has 1 saturated heterocycles. The zero-order chi connectivity index (χ0) is 16.7. The van der Waals surface area contributed by atoms with Gasteiger partial charge in [-0.2, -0.15) is 0 Å². The number of aryl methyl sites for hydroxylation is 1. The van der Waals surface area contributed by atoms with Crippen LogP contribution in [0.4, 0.5) is 5.69 Å². The molecule has 0 aliphatic carbocycles. The van der Waals surface area contributed by atoms with Gasteiger partial charge in [-0.3, -0.25) is 4.79 Å². The van der Waals surface area contributed by atoms with Gasteiger partial charge in [-0.05, 0) is 44.4 Å². The molecule has 2 rings (SSSR count). The lowest BCUT2D eigenvalue weighted by Gasteiger charge is -2.34. The van der Waals surface area contributed by atoms with E-state index in [0.29, 0.717) is 39.1 Å². The number of amides is 1. The van der Waals surface area contributed by atoms with Crippen molar-refractivity contribution in [3.05, 3.63) is 29.8 Å². The van der Waals surface area contributed by atoms with Crippen LogP contribution in [0.2, 0.25) is 0 Å². The van der Waals surface area contributed by atoms with Crippen LogP contribution in [0, 0.1) is 12.3 Å². The first-order valence-electron chi connectivity index (χ1n) is 8.49. The van der Waals surface area contributed by atoms with E-state index in [9.17, 15) is 4.79 Å². The van der Waals surface area contributed by atoms with Crippen molar-refractivity contribution in [2.24, 2.45) is 11.1 Å². The third kappa shape index (κ3) is 4.45. The van der Waals surface area contributed by atoms with Gasteiger partial charge in [0, 0.05) is 45.1 Å². The van der Waals surface area contributed by atoms with Crippen LogP contribution in [0.1, 0.15) is 25.3 Å². The van der Waals surface area contributed by atoms with Gasteiger partial charge in [0.15, 0.2) is 0 Å². The number of rotatable bonds is 7. The first-order chi connectivity index (χ1) is 11.1. The third-order valence-corrected chi connectivity index (χ3v) is 4.74. The van der Waals surface area contributed by atoms with Crippen LogP contribution in [0.25, 0.3) is 0 Å². The SMILES string of the molecule is CCN(CCNC(=O)C1(CN)CCOCC1)c1cccc(C)c1. The van der Waals surface area contributed by atoms with E-state index in [1.807, 2.05) is 0 Å². The van der Waals surface area contributed by atoms with Crippen LogP contribution in [-0.4, -0.2) is 45.3 Å². The number of anilines is 1. The number of nitrogens with zero attached hydrogens (tertiary/aromatic N) is 1. The van der Waals surface area contributed by atoms with Gasteiger partial charge in [-0.25, -0.2) is 0 Å². The number of carbonyl (C=O) groups excluding carboxylic acids is 1. The fourth-order valence-corrected chi connectivity index (χ4v) is 3.07. The summed E-state index contributed by atoms with van der Waals surface area (Å²) in [5, 5.41) is 3.08. The first kappa shape index (κ1) is 17.8. The van der Waals surface area contributed by atoms with Crippen LogP contribution in [0.15, 0.2) is 24.3 Å². The van der Waals surface area contributed by atoms with E-state index >= 15 is 0 Å². The molecule has 128 valence electrons. The van der Waals surface area contributed by atoms with E-state index in [1.165, 1.54) is 11.3 Å². The maximum absolute atomic E-state index is 12.5. The number of ether oxygens (including phenoxy) is 1. The van der Waals surface area contributed by atoms with Crippen molar-refractivity contribution in [3.63, 3.8) is 0 Å². The number of nitrogens with one attached hydrogen (secondary N) is 1. The van der Waals surface area contributed by atoms with Crippen LogP contribution in [0.5, 0.6) is 0 Å². The molecule has 1 aliphatic rings. The molecule has 0 radical (unpaired) electrons. The molecule has 5 nitrogen and oxygen atoms in total. The Morgan fingerprint density at radius 3 is 2.74 bits per heavy atom. The van der Waals surface area contributed by atoms with Crippen LogP contribution in [-0.2, 0) is 9.53 Å². The molecule has 1 aliphatic heterocycles. The molecule has 1 aromatic rings. The summed E-state index contributed by atoms with van der Waals surface area (Å²) < 4.78 is 5.36. The Kier molecular flexibility index (Phi) is 6.42. The highest BCUT2D eigenvalue weighted by molar-refractivity contribution is 5.83. The number of hydrogen-bond acceptors (Lipinski definition) is 4. The lowest BCUT2D eigenvalue weighted by atomic mass is 9.79. The van der Waals surface area contributed by atoms with Gasteiger partial charge < -0.3 is 20.7 Å². The van der Waals surface area contributed by atoms with E-state index in [0.717, 1.165) is 13.1 Å². The Morgan fingerprint density at radius 1 is 1.39 bits per heavy atom. The van der Waals surface area contributed by atoms with Gasteiger partial charge in [0.1, 0.15) is 0 Å². The molecule has 3 N–H and O–H groups in total. The van der Waals surface area contributed by atoms with Gasteiger partial charge in [0.2, 0.25) is 5.91 Å². The summed E-state index contributed by atoms with van der Waals surface area (Å²) in [5.74, 6) is 0.0728. The highest BCUT2D eigenvalue weighted by atomic mass is 16.5. The lowest BCUT2D eigenvalue weighted by Crippen LogP contribution is -2.50. The smallest absolute Gasteiger partial charge is 0.227 e. The highest BCUT2D eigenvalue weighted by Gasteiger charge is 2.38. The minimum absolute atomic E-state index is 0.0728. The summed E-state index contributed by atoms with van der Waals surface area (Å²) in [6, 6.07) is 8.44. The number of carbonyl (C=O) groups is 1. The van der Waals surface area contributed by atoms with E-state index < -0.39 is 5.41 Å². The van der Waals surface area contributed by atoms with Crippen molar-refractivity contribution in [3.8, 4) is 0 Å². The largest absolute Gasteiger partial charge is 0.381 e. The molecule has 23 heavy (non-hydrogen) atoms. The van der Waals surface area contributed by atoms with Crippen LogP contribution < -0.4 is 16.0 Å². The maximum Gasteiger partial charge on any atom is 0.227 e. The van der Waals surface area contributed by atoms with Gasteiger partial charge >= 0.3 is 0 Å². The fourth-order valence-electron chi connectivity index (χ4n) is 3.07. The average Bonchev–Trinajstić information content (AvgIpc) is 2.59. The normalized spacial score (nSPS) is 16.8. The molecule has 1 heterocycles. The number of likely N-dealkylation sites (N-methyl/N-ethyl adjacent to an activating group) is 1. The van der Waals surface area contributed by atoms with Crippen molar-refractivity contribution >= 4 is 11.6 Å². The van der Waals surface area contributed by atoms with Crippen molar-refractivity contribution in [1.29, 1.82) is 0 Å². The summed E-state index contributed by atoms with van der Waals surface area (Å²) in [7, 11) is 0. The average molecular weight is 319 g/mol. The summed E-state index contributed by atoms with van der Waals surface area (Å²) >= 11 is 0. The van der Waals surface area contributed by atoms with E-state index in [1.54, 1.807) is 0 Å². The van der Waals surface area contributed by atoms with E-state index in [-0.39, 0.29) is 5.91 Å². The molecule has 1 aromatic carbocycles. The number of hydrogen-bond donors (Lipinski definition) is 2. The highest BCUT2D eigenvalue weighted by Crippen LogP contribution is 2.29. The summed E-state index contributed by atoms with van der Waals surface area (Å²) in [5.41, 5.74) is 7.87. The molecule has 0 bridgehead atoms. The van der Waals surface area contributed by atoms with Gasteiger partial charge in [-0.1, -0.05) is 12.1 Å². The minimum atomic E-state index is -0.446. The Bertz CT molecular complexity index is 513. The molecular weight excluding hydrogens is 290 g/mol. The van der Waals surface area contributed by atoms with Crippen LogP contribution in [0.3, 0.4) is 0 Å². The minimum Gasteiger partial charge on any atom is -0.381 e. The Labute approximate surface area is 139 Å². The molecule has 0 unspecified atom stereocenters. The molecule has 0 spiro atoms. The molecule has 0 saturated carbocycles. The Morgan fingerprint density at radius 2 is 2.13 bits per heavy atom. The van der Waals surface area contributed by atoms with Crippen molar-refractivity contribution < 1.29 is 9.53 Å². The molecule has 0 atom stereocenters. The maximum atomic E-state index is 12.5. The topological polar surface area (TPSA) is 67.6 Å². The lowest BCUT2D eigenvalue weighted by molar-refractivity contribution is -0.135. The van der Waals surface area contributed by atoms with Crippen molar-refractivity contribution in [1.82, 2.24) is 5.32 Å². The number of benzene rings is 1. The second-order valence-corrected chi connectivity index (χ2v) is 6.27. The second-order valence-electron chi connectivity index (χ2n) is 6.27. The van der Waals surface area contributed by atoms with E-state index in [2.05, 4.69) is 48.3 Å². The predicted octanol–water partition coefficient (Wildman–Crippen LogP) is 1.69. The first-order valence-corrected chi connectivity index (χ1v) is 8.49. The van der Waals surface area contributed by atoms with Crippen molar-refractivity contribution in [2.75, 3.05) is 44.3 Å². The monoisotopic (exact) mass is 319 g/mol. The quantitative estimate of drug-likeness (QED) is 0.802. The standard InChI is InChI=1S/C18H29N3O2/c1-3-21(16-6-4-5-15(2)13-16)10-9-20-17(22)18(14-19)7-11-23-12-8-18/h4-6,13H,3,7-12,14,19H2,1-2H3,(H,20,22). The Hall–Kier alpha value is -1.59. The molecule has 0 aromatic heterocycles. The second kappa shape index (κ2) is 8.31.